The lowest BCUT2D eigenvalue weighted by Gasteiger charge is -2.11. The van der Waals surface area contributed by atoms with Crippen LogP contribution in [0.25, 0.3) is 0 Å². The van der Waals surface area contributed by atoms with Crippen molar-refractivity contribution in [3.05, 3.63) is 35.4 Å². The summed E-state index contributed by atoms with van der Waals surface area (Å²) in [5.41, 5.74) is 2.49. The van der Waals surface area contributed by atoms with Crippen LogP contribution in [0.15, 0.2) is 24.3 Å². The first-order valence-corrected chi connectivity index (χ1v) is 9.59. The van der Waals surface area contributed by atoms with Crippen LogP contribution >= 0.6 is 45.2 Å². The van der Waals surface area contributed by atoms with Crippen molar-refractivity contribution in [2.75, 3.05) is 13.2 Å². The lowest BCUT2D eigenvalue weighted by Crippen LogP contribution is -2.05. The number of rotatable bonds is 10. The molecule has 2 unspecified atom stereocenters. The topological polar surface area (TPSA) is 18.5 Å². The van der Waals surface area contributed by atoms with Crippen LogP contribution in [0.1, 0.15) is 37.8 Å². The Kier molecular flexibility index (Phi) is 10.4. The van der Waals surface area contributed by atoms with Crippen LogP contribution in [-0.4, -0.2) is 21.1 Å². The Morgan fingerprint density at radius 1 is 0.850 bits per heavy atom. The van der Waals surface area contributed by atoms with E-state index in [2.05, 4.69) is 83.3 Å². The Morgan fingerprint density at radius 2 is 1.25 bits per heavy atom. The van der Waals surface area contributed by atoms with Gasteiger partial charge < -0.3 is 9.47 Å². The van der Waals surface area contributed by atoms with Gasteiger partial charge in [-0.1, -0.05) is 83.3 Å². The van der Waals surface area contributed by atoms with Crippen molar-refractivity contribution in [3.63, 3.8) is 0 Å². The molecule has 0 aliphatic carbocycles. The maximum Gasteiger partial charge on any atom is 0.0720 e. The Labute approximate surface area is 150 Å². The SMILES string of the molecule is CC(I)CCOCc1ccccc1COCCC(C)I. The average molecular weight is 502 g/mol. The first-order chi connectivity index (χ1) is 9.59. The highest BCUT2D eigenvalue weighted by Crippen LogP contribution is 2.13. The van der Waals surface area contributed by atoms with Crippen LogP contribution < -0.4 is 0 Å². The van der Waals surface area contributed by atoms with E-state index in [4.69, 9.17) is 9.47 Å². The van der Waals surface area contributed by atoms with Crippen molar-refractivity contribution in [2.24, 2.45) is 0 Å². The van der Waals surface area contributed by atoms with Gasteiger partial charge in [-0.25, -0.2) is 0 Å². The monoisotopic (exact) mass is 502 g/mol. The summed E-state index contributed by atoms with van der Waals surface area (Å²) in [5.74, 6) is 0. The molecule has 0 saturated carbocycles. The van der Waals surface area contributed by atoms with Crippen molar-refractivity contribution >= 4 is 45.2 Å². The van der Waals surface area contributed by atoms with E-state index in [0.717, 1.165) is 26.1 Å². The smallest absolute Gasteiger partial charge is 0.0720 e. The van der Waals surface area contributed by atoms with Gasteiger partial charge in [-0.2, -0.15) is 0 Å². The van der Waals surface area contributed by atoms with Crippen LogP contribution in [0.2, 0.25) is 0 Å². The predicted molar refractivity (Wildman–Crippen MR) is 102 cm³/mol. The molecule has 2 atom stereocenters. The van der Waals surface area contributed by atoms with Crippen LogP contribution in [0.3, 0.4) is 0 Å². The van der Waals surface area contributed by atoms with E-state index in [1.165, 1.54) is 11.1 Å². The van der Waals surface area contributed by atoms with Crippen molar-refractivity contribution in [2.45, 2.75) is 47.8 Å². The maximum atomic E-state index is 5.75. The second kappa shape index (κ2) is 11.2. The molecule has 0 fully saturated rings. The summed E-state index contributed by atoms with van der Waals surface area (Å²) in [7, 11) is 0. The molecule has 1 rings (SSSR count). The minimum atomic E-state index is 0.668. The van der Waals surface area contributed by atoms with Gasteiger partial charge >= 0.3 is 0 Å². The Hall–Kier alpha value is 0.600. The van der Waals surface area contributed by atoms with Gasteiger partial charge in [0, 0.05) is 21.1 Å². The molecule has 1 aromatic rings. The fraction of sp³-hybridized carbons (Fsp3) is 0.625. The summed E-state index contributed by atoms with van der Waals surface area (Å²) in [6.07, 6.45) is 2.21. The van der Waals surface area contributed by atoms with Crippen LogP contribution in [0, 0.1) is 0 Å². The number of halogens is 2. The molecule has 0 aliphatic rings. The Balaban J connectivity index is 2.34. The minimum Gasteiger partial charge on any atom is -0.377 e. The molecule has 20 heavy (non-hydrogen) atoms. The minimum absolute atomic E-state index is 0.668. The fourth-order valence-corrected chi connectivity index (χ4v) is 2.20. The van der Waals surface area contributed by atoms with Crippen LogP contribution in [-0.2, 0) is 22.7 Å². The van der Waals surface area contributed by atoms with Crippen molar-refractivity contribution in [1.82, 2.24) is 0 Å². The molecule has 0 bridgehead atoms. The fourth-order valence-electron chi connectivity index (χ4n) is 1.69. The van der Waals surface area contributed by atoms with E-state index in [1.54, 1.807) is 0 Å². The number of hydrogen-bond donors (Lipinski definition) is 0. The normalized spacial score (nSPS) is 14.2. The predicted octanol–water partition coefficient (Wildman–Crippen LogP) is 5.15. The number of hydrogen-bond acceptors (Lipinski definition) is 2. The van der Waals surface area contributed by atoms with Gasteiger partial charge in [0.25, 0.3) is 0 Å². The third-order valence-corrected chi connectivity index (χ3v) is 4.20. The highest BCUT2D eigenvalue weighted by Gasteiger charge is 2.04. The first-order valence-electron chi connectivity index (χ1n) is 7.10. The standard InChI is InChI=1S/C16H24I2O2/c1-13(17)7-9-19-11-15-5-3-4-6-16(15)12-20-10-8-14(2)18/h3-6,13-14H,7-12H2,1-2H3. The van der Waals surface area contributed by atoms with E-state index in [1.807, 2.05) is 0 Å². The summed E-state index contributed by atoms with van der Waals surface area (Å²) in [6.45, 7) is 7.44. The van der Waals surface area contributed by atoms with Gasteiger partial charge in [-0.3, -0.25) is 0 Å². The number of ether oxygens (including phenoxy) is 2. The lowest BCUT2D eigenvalue weighted by molar-refractivity contribution is 0.106. The average Bonchev–Trinajstić information content (AvgIpc) is 2.40. The molecular weight excluding hydrogens is 478 g/mol. The van der Waals surface area contributed by atoms with E-state index < -0.39 is 0 Å². The highest BCUT2D eigenvalue weighted by atomic mass is 127. The molecular formula is C16H24I2O2. The zero-order chi connectivity index (χ0) is 14.8. The molecule has 0 aliphatic heterocycles. The van der Waals surface area contributed by atoms with Gasteiger partial charge in [-0.05, 0) is 24.0 Å². The molecule has 114 valence electrons. The second-order valence-corrected chi connectivity index (χ2v) is 9.27. The molecule has 4 heteroatoms. The van der Waals surface area contributed by atoms with Crippen LogP contribution in [0.4, 0.5) is 0 Å². The maximum absolute atomic E-state index is 5.75. The summed E-state index contributed by atoms with van der Waals surface area (Å²) in [5, 5.41) is 0. The Bertz CT molecular complexity index is 332. The summed E-state index contributed by atoms with van der Waals surface area (Å²) in [6, 6.07) is 8.40. The third-order valence-electron chi connectivity index (χ3n) is 2.95. The molecule has 0 radical (unpaired) electrons. The van der Waals surface area contributed by atoms with Crippen LogP contribution in [0.5, 0.6) is 0 Å². The van der Waals surface area contributed by atoms with Crippen molar-refractivity contribution in [3.8, 4) is 0 Å². The van der Waals surface area contributed by atoms with Gasteiger partial charge in [0.1, 0.15) is 0 Å². The van der Waals surface area contributed by atoms with Gasteiger partial charge in [0.15, 0.2) is 0 Å². The number of alkyl halides is 2. The van der Waals surface area contributed by atoms with Crippen molar-refractivity contribution in [1.29, 1.82) is 0 Å². The number of benzene rings is 1. The van der Waals surface area contributed by atoms with E-state index >= 15 is 0 Å². The molecule has 0 saturated heterocycles. The van der Waals surface area contributed by atoms with Gasteiger partial charge in [0.05, 0.1) is 13.2 Å². The molecule has 0 amide bonds. The molecule has 0 aromatic heterocycles. The lowest BCUT2D eigenvalue weighted by atomic mass is 10.1. The zero-order valence-corrected chi connectivity index (χ0v) is 16.6. The highest BCUT2D eigenvalue weighted by molar-refractivity contribution is 14.1. The molecule has 0 heterocycles. The quantitative estimate of drug-likeness (QED) is 0.251. The van der Waals surface area contributed by atoms with Crippen molar-refractivity contribution < 1.29 is 9.47 Å². The third kappa shape index (κ3) is 8.79. The van der Waals surface area contributed by atoms with E-state index in [0.29, 0.717) is 21.1 Å². The summed E-state index contributed by atoms with van der Waals surface area (Å²) < 4.78 is 12.8. The molecule has 0 N–H and O–H groups in total. The molecule has 1 aromatic carbocycles. The van der Waals surface area contributed by atoms with E-state index in [9.17, 15) is 0 Å². The summed E-state index contributed by atoms with van der Waals surface area (Å²) in [4.78, 5) is 0. The largest absolute Gasteiger partial charge is 0.377 e. The zero-order valence-electron chi connectivity index (χ0n) is 12.3. The first kappa shape index (κ1) is 18.6. The molecule has 0 spiro atoms. The van der Waals surface area contributed by atoms with E-state index in [-0.39, 0.29) is 0 Å². The second-order valence-electron chi connectivity index (χ2n) is 5.01. The van der Waals surface area contributed by atoms with Gasteiger partial charge in [-0.15, -0.1) is 0 Å². The van der Waals surface area contributed by atoms with Gasteiger partial charge in [0.2, 0.25) is 0 Å². The Morgan fingerprint density at radius 3 is 1.60 bits per heavy atom. The summed E-state index contributed by atoms with van der Waals surface area (Å²) >= 11 is 4.86. The molecule has 2 nitrogen and oxygen atoms in total.